The third-order valence-electron chi connectivity index (χ3n) is 3.27. The number of hydrogen-bond donors (Lipinski definition) is 2. The number of nitrogens with one attached hydrogen (secondary N) is 2. The number of para-hydroxylation sites is 1. The number of hydrogen-bond acceptors (Lipinski definition) is 3. The van der Waals surface area contributed by atoms with Crippen LogP contribution in [0.15, 0.2) is 24.3 Å². The second-order valence-electron chi connectivity index (χ2n) is 4.53. The maximum atomic E-state index is 12.0. The van der Waals surface area contributed by atoms with Gasteiger partial charge >= 0.3 is 0 Å². The van der Waals surface area contributed by atoms with Crippen LogP contribution in [0.1, 0.15) is 24.8 Å². The van der Waals surface area contributed by atoms with Crippen molar-refractivity contribution in [2.75, 3.05) is 13.7 Å². The van der Waals surface area contributed by atoms with Crippen LogP contribution in [0.4, 0.5) is 0 Å². The summed E-state index contributed by atoms with van der Waals surface area (Å²) < 4.78 is 5.26. The van der Waals surface area contributed by atoms with E-state index in [2.05, 4.69) is 10.6 Å². The molecule has 0 unspecified atom stereocenters. The molecule has 0 radical (unpaired) electrons. The predicted octanol–water partition coefficient (Wildman–Crippen LogP) is 1.88. The zero-order chi connectivity index (χ0) is 12.8. The van der Waals surface area contributed by atoms with Gasteiger partial charge in [-0.05, 0) is 25.5 Å². The zero-order valence-electron chi connectivity index (χ0n) is 11.1. The van der Waals surface area contributed by atoms with Gasteiger partial charge in [-0.3, -0.25) is 4.79 Å². The van der Waals surface area contributed by atoms with Gasteiger partial charge < -0.3 is 15.4 Å². The van der Waals surface area contributed by atoms with E-state index >= 15 is 0 Å². The largest absolute Gasteiger partial charge is 0.496 e. The zero-order valence-corrected chi connectivity index (χ0v) is 12.0. The Morgan fingerprint density at radius 1 is 1.42 bits per heavy atom. The molecule has 5 heteroatoms. The summed E-state index contributed by atoms with van der Waals surface area (Å²) in [4.78, 5) is 12.0. The van der Waals surface area contributed by atoms with E-state index in [9.17, 15) is 4.79 Å². The lowest BCUT2D eigenvalue weighted by Gasteiger charge is -2.22. The van der Waals surface area contributed by atoms with Gasteiger partial charge in [0.15, 0.2) is 0 Å². The maximum absolute atomic E-state index is 12.0. The topological polar surface area (TPSA) is 50.4 Å². The summed E-state index contributed by atoms with van der Waals surface area (Å²) in [6.07, 6.45) is 3.22. The first-order valence-corrected chi connectivity index (χ1v) is 6.44. The van der Waals surface area contributed by atoms with Crippen LogP contribution in [0.25, 0.3) is 0 Å². The van der Waals surface area contributed by atoms with E-state index in [0.717, 1.165) is 37.1 Å². The highest BCUT2D eigenvalue weighted by Gasteiger charge is 2.20. The molecule has 1 aromatic carbocycles. The number of rotatable bonds is 4. The number of piperidine rings is 1. The first-order valence-electron chi connectivity index (χ1n) is 6.44. The Labute approximate surface area is 120 Å². The molecule has 1 saturated heterocycles. The normalized spacial score (nSPS) is 18.3. The van der Waals surface area contributed by atoms with Crippen LogP contribution < -0.4 is 15.4 Å². The number of methoxy groups -OCH3 is 1. The molecule has 1 fully saturated rings. The summed E-state index contributed by atoms with van der Waals surface area (Å²) in [5.74, 6) is 0.898. The van der Waals surface area contributed by atoms with Gasteiger partial charge in [-0.2, -0.15) is 0 Å². The molecule has 0 aliphatic carbocycles. The van der Waals surface area contributed by atoms with Crippen molar-refractivity contribution in [2.24, 2.45) is 0 Å². The molecule has 19 heavy (non-hydrogen) atoms. The van der Waals surface area contributed by atoms with Crippen molar-refractivity contribution >= 4 is 18.3 Å². The van der Waals surface area contributed by atoms with Crippen molar-refractivity contribution < 1.29 is 9.53 Å². The Hall–Kier alpha value is -1.26. The quantitative estimate of drug-likeness (QED) is 0.888. The lowest BCUT2D eigenvalue weighted by molar-refractivity contribution is -0.123. The van der Waals surface area contributed by atoms with Crippen molar-refractivity contribution in [3.05, 3.63) is 29.8 Å². The maximum Gasteiger partial charge on any atom is 0.237 e. The third kappa shape index (κ3) is 4.40. The smallest absolute Gasteiger partial charge is 0.237 e. The average molecular weight is 285 g/mol. The Morgan fingerprint density at radius 2 is 2.21 bits per heavy atom. The number of carbonyl (C=O) groups excluding carboxylic acids is 1. The summed E-state index contributed by atoms with van der Waals surface area (Å²) >= 11 is 0. The summed E-state index contributed by atoms with van der Waals surface area (Å²) in [6.45, 7) is 1.45. The first kappa shape index (κ1) is 15.8. The third-order valence-corrected chi connectivity index (χ3v) is 3.27. The molecule has 0 aromatic heterocycles. The summed E-state index contributed by atoms with van der Waals surface area (Å²) in [6, 6.07) is 7.71. The van der Waals surface area contributed by atoms with Crippen molar-refractivity contribution in [3.63, 3.8) is 0 Å². The molecule has 1 heterocycles. The monoisotopic (exact) mass is 284 g/mol. The van der Waals surface area contributed by atoms with E-state index in [-0.39, 0.29) is 24.4 Å². The highest BCUT2D eigenvalue weighted by Crippen LogP contribution is 2.17. The van der Waals surface area contributed by atoms with Gasteiger partial charge in [-0.25, -0.2) is 0 Å². The second-order valence-corrected chi connectivity index (χ2v) is 4.53. The van der Waals surface area contributed by atoms with Gasteiger partial charge in [-0.1, -0.05) is 24.6 Å². The van der Waals surface area contributed by atoms with E-state index in [0.29, 0.717) is 6.54 Å². The fraction of sp³-hybridized carbons (Fsp3) is 0.500. The fourth-order valence-corrected chi connectivity index (χ4v) is 2.23. The fourth-order valence-electron chi connectivity index (χ4n) is 2.23. The van der Waals surface area contributed by atoms with Crippen LogP contribution >= 0.6 is 12.4 Å². The summed E-state index contributed by atoms with van der Waals surface area (Å²) in [5.41, 5.74) is 1.00. The predicted molar refractivity (Wildman–Crippen MR) is 77.7 cm³/mol. The van der Waals surface area contributed by atoms with Crippen LogP contribution in [-0.2, 0) is 11.3 Å². The molecule has 1 aliphatic heterocycles. The van der Waals surface area contributed by atoms with Crippen molar-refractivity contribution in [1.82, 2.24) is 10.6 Å². The molecule has 1 atom stereocenters. The second kappa shape index (κ2) is 8.02. The number of benzene rings is 1. The molecule has 2 N–H and O–H groups in total. The van der Waals surface area contributed by atoms with Crippen molar-refractivity contribution in [3.8, 4) is 5.75 Å². The van der Waals surface area contributed by atoms with E-state index in [4.69, 9.17) is 4.74 Å². The van der Waals surface area contributed by atoms with Crippen molar-refractivity contribution in [2.45, 2.75) is 31.8 Å². The first-order chi connectivity index (χ1) is 8.81. The van der Waals surface area contributed by atoms with Gasteiger partial charge in [-0.15, -0.1) is 12.4 Å². The average Bonchev–Trinajstić information content (AvgIpc) is 2.46. The molecule has 0 spiro atoms. The Balaban J connectivity index is 0.00000180. The van der Waals surface area contributed by atoms with Crippen LogP contribution in [0, 0.1) is 0 Å². The Kier molecular flexibility index (Phi) is 6.67. The van der Waals surface area contributed by atoms with E-state index in [1.54, 1.807) is 7.11 Å². The molecule has 106 valence electrons. The molecular formula is C14H21ClN2O2. The lowest BCUT2D eigenvalue weighted by Crippen LogP contribution is -2.46. The number of carbonyl (C=O) groups is 1. The minimum Gasteiger partial charge on any atom is -0.496 e. The summed E-state index contributed by atoms with van der Waals surface area (Å²) in [7, 11) is 1.64. The van der Waals surface area contributed by atoms with Crippen LogP contribution in [-0.4, -0.2) is 25.6 Å². The van der Waals surface area contributed by atoms with Gasteiger partial charge in [0.1, 0.15) is 5.75 Å². The van der Waals surface area contributed by atoms with Gasteiger partial charge in [0, 0.05) is 12.1 Å². The molecule has 0 bridgehead atoms. The Bertz CT molecular complexity index is 406. The molecule has 1 aliphatic rings. The van der Waals surface area contributed by atoms with Crippen LogP contribution in [0.5, 0.6) is 5.75 Å². The Morgan fingerprint density at radius 3 is 2.89 bits per heavy atom. The van der Waals surface area contributed by atoms with Gasteiger partial charge in [0.05, 0.1) is 13.2 Å². The molecule has 4 nitrogen and oxygen atoms in total. The molecule has 1 aromatic rings. The van der Waals surface area contributed by atoms with E-state index < -0.39 is 0 Å². The standard InChI is InChI=1S/C14H20N2O2.ClH/c1-18-13-8-3-2-6-11(13)10-16-14(17)12-7-4-5-9-15-12;/h2-3,6,8,12,15H,4-5,7,9-10H2,1H3,(H,16,17);1H/t12-;/m1./s1. The minimum atomic E-state index is -0.0338. The molecule has 1 amide bonds. The summed E-state index contributed by atoms with van der Waals surface area (Å²) in [5, 5.41) is 6.20. The number of ether oxygens (including phenoxy) is 1. The van der Waals surface area contributed by atoms with Gasteiger partial charge in [0.2, 0.25) is 5.91 Å². The minimum absolute atomic E-state index is 0. The molecule has 2 rings (SSSR count). The van der Waals surface area contributed by atoms with Crippen molar-refractivity contribution in [1.29, 1.82) is 0 Å². The number of halogens is 1. The van der Waals surface area contributed by atoms with E-state index in [1.807, 2.05) is 24.3 Å². The molecule has 0 saturated carbocycles. The van der Waals surface area contributed by atoms with Crippen LogP contribution in [0.3, 0.4) is 0 Å². The molecular weight excluding hydrogens is 264 g/mol. The lowest BCUT2D eigenvalue weighted by atomic mass is 10.0. The highest BCUT2D eigenvalue weighted by molar-refractivity contribution is 5.85. The van der Waals surface area contributed by atoms with Crippen LogP contribution in [0.2, 0.25) is 0 Å². The SMILES string of the molecule is COc1ccccc1CNC(=O)[C@H]1CCCCN1.Cl. The number of amides is 1. The van der Waals surface area contributed by atoms with E-state index in [1.165, 1.54) is 0 Å². The highest BCUT2D eigenvalue weighted by atomic mass is 35.5. The van der Waals surface area contributed by atoms with Gasteiger partial charge in [0.25, 0.3) is 0 Å².